The van der Waals surface area contributed by atoms with Crippen LogP contribution >= 0.6 is 12.4 Å². The number of nitrogens with zero attached hydrogens (tertiary/aromatic N) is 2. The van der Waals surface area contributed by atoms with Gasteiger partial charge in [0.2, 0.25) is 5.88 Å². The van der Waals surface area contributed by atoms with Crippen molar-refractivity contribution < 1.29 is 17.9 Å². The molecule has 16 heavy (non-hydrogen) atoms. The van der Waals surface area contributed by atoms with Gasteiger partial charge >= 0.3 is 6.18 Å². The van der Waals surface area contributed by atoms with Gasteiger partial charge in [-0.05, 0) is 6.92 Å². The van der Waals surface area contributed by atoms with Gasteiger partial charge < -0.3 is 10.5 Å². The highest BCUT2D eigenvalue weighted by Crippen LogP contribution is 2.16. The Morgan fingerprint density at radius 3 is 2.38 bits per heavy atom. The number of nitrogens with two attached hydrogens (primary N) is 1. The summed E-state index contributed by atoms with van der Waals surface area (Å²) in [5, 5.41) is 0. The molecule has 0 aliphatic carbocycles. The number of hydrogen-bond acceptors (Lipinski definition) is 4. The Balaban J connectivity index is 0.00000225. The number of halogens is 4. The highest BCUT2D eigenvalue weighted by Gasteiger charge is 2.28. The van der Waals surface area contributed by atoms with E-state index in [0.29, 0.717) is 5.69 Å². The van der Waals surface area contributed by atoms with Crippen molar-refractivity contribution in [2.24, 2.45) is 5.73 Å². The monoisotopic (exact) mass is 257 g/mol. The third-order valence-corrected chi connectivity index (χ3v) is 1.50. The van der Waals surface area contributed by atoms with Crippen molar-refractivity contribution in [3.05, 3.63) is 18.1 Å². The summed E-state index contributed by atoms with van der Waals surface area (Å²) in [6.07, 6.45) is -1.97. The fourth-order valence-electron chi connectivity index (χ4n) is 0.792. The lowest BCUT2D eigenvalue weighted by atomic mass is 10.3. The minimum atomic E-state index is -4.37. The first-order valence-electron chi connectivity index (χ1n) is 4.15. The Morgan fingerprint density at radius 2 is 2.00 bits per heavy atom. The predicted molar refractivity (Wildman–Crippen MR) is 53.4 cm³/mol. The van der Waals surface area contributed by atoms with Crippen LogP contribution in [0.25, 0.3) is 0 Å². The first-order valence-corrected chi connectivity index (χ1v) is 4.15. The molecule has 4 nitrogen and oxygen atoms in total. The van der Waals surface area contributed by atoms with Crippen molar-refractivity contribution in [2.45, 2.75) is 19.1 Å². The van der Waals surface area contributed by atoms with Crippen LogP contribution in [-0.4, -0.2) is 22.8 Å². The fourth-order valence-corrected chi connectivity index (χ4v) is 0.792. The zero-order valence-electron chi connectivity index (χ0n) is 8.36. The average molecular weight is 258 g/mol. The van der Waals surface area contributed by atoms with Crippen LogP contribution in [0.3, 0.4) is 0 Å². The van der Waals surface area contributed by atoms with Gasteiger partial charge in [-0.15, -0.1) is 12.4 Å². The average Bonchev–Trinajstić information content (AvgIpc) is 2.14. The molecule has 8 heteroatoms. The molecular formula is C8H11ClF3N3O. The third kappa shape index (κ3) is 5.13. The normalized spacial score (nSPS) is 12.8. The molecule has 92 valence electrons. The SMILES string of the molecule is C[C@@H](N)c1cnc(OCC(F)(F)F)cn1.Cl. The van der Waals surface area contributed by atoms with E-state index in [1.54, 1.807) is 6.92 Å². The van der Waals surface area contributed by atoms with E-state index < -0.39 is 12.8 Å². The van der Waals surface area contributed by atoms with Gasteiger partial charge in [0.05, 0.1) is 18.1 Å². The second-order valence-corrected chi connectivity index (χ2v) is 2.97. The molecule has 0 saturated carbocycles. The van der Waals surface area contributed by atoms with Crippen LogP contribution in [0.5, 0.6) is 5.88 Å². The summed E-state index contributed by atoms with van der Waals surface area (Å²) >= 11 is 0. The summed E-state index contributed by atoms with van der Waals surface area (Å²) in [5.41, 5.74) is 5.98. The number of aromatic nitrogens is 2. The maximum Gasteiger partial charge on any atom is 0.422 e. The van der Waals surface area contributed by atoms with Crippen LogP contribution in [0.2, 0.25) is 0 Å². The van der Waals surface area contributed by atoms with Crippen molar-refractivity contribution in [1.29, 1.82) is 0 Å². The molecule has 0 radical (unpaired) electrons. The molecule has 0 aliphatic rings. The van der Waals surface area contributed by atoms with Crippen LogP contribution in [0.15, 0.2) is 12.4 Å². The van der Waals surface area contributed by atoms with Gasteiger partial charge in [0.1, 0.15) is 0 Å². The maximum atomic E-state index is 11.8. The Bertz CT molecular complexity index is 315. The lowest BCUT2D eigenvalue weighted by Crippen LogP contribution is -2.20. The van der Waals surface area contributed by atoms with E-state index in [4.69, 9.17) is 5.73 Å². The third-order valence-electron chi connectivity index (χ3n) is 1.50. The van der Waals surface area contributed by atoms with Gasteiger partial charge in [0.15, 0.2) is 6.61 Å². The van der Waals surface area contributed by atoms with E-state index in [1.165, 1.54) is 6.20 Å². The van der Waals surface area contributed by atoms with E-state index >= 15 is 0 Å². The number of ether oxygens (including phenoxy) is 1. The van der Waals surface area contributed by atoms with E-state index in [-0.39, 0.29) is 24.3 Å². The van der Waals surface area contributed by atoms with Crippen molar-refractivity contribution in [2.75, 3.05) is 6.61 Å². The quantitative estimate of drug-likeness (QED) is 0.898. The minimum absolute atomic E-state index is 0. The van der Waals surface area contributed by atoms with Crippen molar-refractivity contribution >= 4 is 12.4 Å². The smallest absolute Gasteiger partial charge is 0.422 e. The maximum absolute atomic E-state index is 11.8. The van der Waals surface area contributed by atoms with Crippen LogP contribution in [0.1, 0.15) is 18.7 Å². The van der Waals surface area contributed by atoms with Crippen LogP contribution in [-0.2, 0) is 0 Å². The lowest BCUT2D eigenvalue weighted by Gasteiger charge is -2.08. The molecule has 0 bridgehead atoms. The highest BCUT2D eigenvalue weighted by atomic mass is 35.5. The predicted octanol–water partition coefficient (Wildman–Crippen LogP) is 1.86. The van der Waals surface area contributed by atoms with Gasteiger partial charge in [0, 0.05) is 6.04 Å². The van der Waals surface area contributed by atoms with Gasteiger partial charge in [-0.1, -0.05) is 0 Å². The van der Waals surface area contributed by atoms with Crippen molar-refractivity contribution in [3.8, 4) is 5.88 Å². The molecule has 1 aromatic heterocycles. The molecule has 0 saturated heterocycles. The fraction of sp³-hybridized carbons (Fsp3) is 0.500. The first-order chi connectivity index (χ1) is 6.88. The van der Waals surface area contributed by atoms with E-state index in [2.05, 4.69) is 14.7 Å². The second-order valence-electron chi connectivity index (χ2n) is 2.97. The Hall–Kier alpha value is -1.08. The number of hydrogen-bond donors (Lipinski definition) is 1. The topological polar surface area (TPSA) is 61.0 Å². The number of rotatable bonds is 3. The Labute approximate surface area is 96.4 Å². The minimum Gasteiger partial charge on any atom is -0.467 e. The molecule has 1 rings (SSSR count). The van der Waals surface area contributed by atoms with Crippen molar-refractivity contribution in [3.63, 3.8) is 0 Å². The standard InChI is InChI=1S/C8H10F3N3O.ClH/c1-5(12)6-2-14-7(3-13-6)15-4-8(9,10)11;/h2-3,5H,4,12H2,1H3;1H/t5-;/m1./s1. The summed E-state index contributed by atoms with van der Waals surface area (Å²) in [6, 6.07) is -0.311. The van der Waals surface area contributed by atoms with Gasteiger partial charge in [0.25, 0.3) is 0 Å². The summed E-state index contributed by atoms with van der Waals surface area (Å²) in [5.74, 6) is -0.170. The molecule has 1 atom stereocenters. The summed E-state index contributed by atoms with van der Waals surface area (Å²) in [6.45, 7) is 0.319. The largest absolute Gasteiger partial charge is 0.467 e. The van der Waals surface area contributed by atoms with Crippen LogP contribution in [0, 0.1) is 0 Å². The van der Waals surface area contributed by atoms with Crippen LogP contribution < -0.4 is 10.5 Å². The summed E-state index contributed by atoms with van der Waals surface area (Å²) in [4.78, 5) is 7.44. The highest BCUT2D eigenvalue weighted by molar-refractivity contribution is 5.85. The van der Waals surface area contributed by atoms with Gasteiger partial charge in [-0.2, -0.15) is 13.2 Å². The van der Waals surface area contributed by atoms with E-state index in [0.717, 1.165) is 6.20 Å². The zero-order valence-corrected chi connectivity index (χ0v) is 9.18. The van der Waals surface area contributed by atoms with E-state index in [9.17, 15) is 13.2 Å². The van der Waals surface area contributed by atoms with Gasteiger partial charge in [-0.3, -0.25) is 4.98 Å². The Morgan fingerprint density at radius 1 is 1.38 bits per heavy atom. The summed E-state index contributed by atoms with van der Waals surface area (Å²) in [7, 11) is 0. The second kappa shape index (κ2) is 5.86. The first kappa shape index (κ1) is 14.9. The number of alkyl halides is 3. The van der Waals surface area contributed by atoms with Gasteiger partial charge in [-0.25, -0.2) is 4.98 Å². The van der Waals surface area contributed by atoms with E-state index in [1.807, 2.05) is 0 Å². The molecule has 0 amide bonds. The molecule has 0 unspecified atom stereocenters. The lowest BCUT2D eigenvalue weighted by molar-refractivity contribution is -0.154. The summed E-state index contributed by atoms with van der Waals surface area (Å²) < 4.78 is 39.6. The van der Waals surface area contributed by atoms with Crippen LogP contribution in [0.4, 0.5) is 13.2 Å². The molecule has 0 aliphatic heterocycles. The van der Waals surface area contributed by atoms with Crippen molar-refractivity contribution in [1.82, 2.24) is 9.97 Å². The molecule has 0 spiro atoms. The molecule has 2 N–H and O–H groups in total. The Kier molecular flexibility index (Phi) is 5.46. The zero-order chi connectivity index (χ0) is 11.5. The molecular weight excluding hydrogens is 247 g/mol. The molecule has 0 fully saturated rings. The molecule has 1 heterocycles. The molecule has 0 aromatic carbocycles. The molecule has 1 aromatic rings.